The van der Waals surface area contributed by atoms with Crippen molar-refractivity contribution >= 4 is 0 Å². The highest BCUT2D eigenvalue weighted by atomic mass is 14.9. The smallest absolute Gasteiger partial charge is 0.0921 e. The minimum atomic E-state index is 0.312. The minimum absolute atomic E-state index is 0.312. The number of nitrogens with zero attached hydrogens (tertiary/aromatic N) is 1. The van der Waals surface area contributed by atoms with Crippen molar-refractivity contribution < 1.29 is 0 Å². The average molecular weight is 324 g/mol. The van der Waals surface area contributed by atoms with Crippen LogP contribution in [0.2, 0.25) is 0 Å². The Morgan fingerprint density at radius 2 is 1.28 bits per heavy atom. The first kappa shape index (κ1) is 15.4. The second kappa shape index (κ2) is 7.18. The first-order valence-corrected chi connectivity index (χ1v) is 8.58. The van der Waals surface area contributed by atoms with Gasteiger partial charge in [0.25, 0.3) is 0 Å². The lowest BCUT2D eigenvalue weighted by Gasteiger charge is -2.18. The summed E-state index contributed by atoms with van der Waals surface area (Å²) in [7, 11) is 0. The van der Waals surface area contributed by atoms with E-state index >= 15 is 0 Å². The Morgan fingerprint density at radius 3 is 1.92 bits per heavy atom. The van der Waals surface area contributed by atoms with Crippen molar-refractivity contribution in [3.63, 3.8) is 0 Å². The number of H-pyrrole nitrogens is 1. The van der Waals surface area contributed by atoms with Gasteiger partial charge in [0.2, 0.25) is 0 Å². The van der Waals surface area contributed by atoms with Crippen molar-refractivity contribution in [1.29, 1.82) is 0 Å². The molecule has 4 aromatic rings. The molecule has 1 atom stereocenters. The number of rotatable bonds is 5. The molecule has 2 heteroatoms. The molecule has 0 aliphatic carbocycles. The maximum Gasteiger partial charge on any atom is 0.0921 e. The van der Waals surface area contributed by atoms with Gasteiger partial charge in [-0.15, -0.1) is 0 Å². The van der Waals surface area contributed by atoms with Gasteiger partial charge in [-0.05, 0) is 28.7 Å². The fourth-order valence-electron chi connectivity index (χ4n) is 3.27. The van der Waals surface area contributed by atoms with E-state index in [9.17, 15) is 0 Å². The van der Waals surface area contributed by atoms with Crippen LogP contribution in [0.25, 0.3) is 11.1 Å². The van der Waals surface area contributed by atoms with Crippen LogP contribution in [0.4, 0.5) is 0 Å². The van der Waals surface area contributed by atoms with Crippen LogP contribution in [0.3, 0.4) is 0 Å². The fourth-order valence-corrected chi connectivity index (χ4v) is 3.27. The molecular weight excluding hydrogens is 304 g/mol. The molecule has 1 N–H and O–H groups in total. The zero-order valence-electron chi connectivity index (χ0n) is 14.0. The number of aromatic nitrogens is 2. The van der Waals surface area contributed by atoms with Gasteiger partial charge in [-0.2, -0.15) is 0 Å². The van der Waals surface area contributed by atoms with Gasteiger partial charge in [0.05, 0.1) is 6.33 Å². The second-order valence-corrected chi connectivity index (χ2v) is 6.23. The monoisotopic (exact) mass is 324 g/mol. The summed E-state index contributed by atoms with van der Waals surface area (Å²) < 4.78 is 0. The number of aromatic amines is 1. The minimum Gasteiger partial charge on any atom is -0.348 e. The van der Waals surface area contributed by atoms with E-state index in [2.05, 4.69) is 88.8 Å². The van der Waals surface area contributed by atoms with Gasteiger partial charge >= 0.3 is 0 Å². The lowest BCUT2D eigenvalue weighted by atomic mass is 9.87. The van der Waals surface area contributed by atoms with Crippen LogP contribution in [-0.4, -0.2) is 9.97 Å². The maximum absolute atomic E-state index is 4.16. The molecule has 122 valence electrons. The van der Waals surface area contributed by atoms with Gasteiger partial charge in [-0.1, -0.05) is 84.9 Å². The molecule has 0 radical (unpaired) electrons. The third kappa shape index (κ3) is 3.53. The molecule has 1 unspecified atom stereocenters. The fraction of sp³-hybridized carbons (Fsp3) is 0.0870. The van der Waals surface area contributed by atoms with Crippen LogP contribution in [0.1, 0.15) is 22.7 Å². The number of nitrogens with one attached hydrogen (secondary N) is 1. The van der Waals surface area contributed by atoms with Gasteiger partial charge in [0.1, 0.15) is 0 Å². The Balaban J connectivity index is 1.67. The SMILES string of the molecule is c1ccc(-c2ccc(C(Cc3cnc[nH]3)c3ccccc3)cc2)cc1. The lowest BCUT2D eigenvalue weighted by molar-refractivity contribution is 0.788. The van der Waals surface area contributed by atoms with E-state index in [0.29, 0.717) is 5.92 Å². The molecule has 0 saturated heterocycles. The van der Waals surface area contributed by atoms with Crippen LogP contribution in [0.15, 0.2) is 97.5 Å². The summed E-state index contributed by atoms with van der Waals surface area (Å²) in [5, 5.41) is 0. The Kier molecular flexibility index (Phi) is 4.42. The van der Waals surface area contributed by atoms with Gasteiger partial charge in [0, 0.05) is 17.8 Å². The maximum atomic E-state index is 4.16. The Labute approximate surface area is 148 Å². The van der Waals surface area contributed by atoms with E-state index in [1.165, 1.54) is 22.3 Å². The Bertz CT molecular complexity index is 896. The van der Waals surface area contributed by atoms with Crippen LogP contribution in [0, 0.1) is 0 Å². The summed E-state index contributed by atoms with van der Waals surface area (Å²) in [6.45, 7) is 0. The molecule has 0 spiro atoms. The molecule has 0 aliphatic rings. The van der Waals surface area contributed by atoms with Gasteiger partial charge in [-0.3, -0.25) is 0 Å². The third-order valence-corrected chi connectivity index (χ3v) is 4.60. The van der Waals surface area contributed by atoms with E-state index in [4.69, 9.17) is 0 Å². The zero-order valence-corrected chi connectivity index (χ0v) is 14.0. The van der Waals surface area contributed by atoms with Crippen molar-refractivity contribution in [2.45, 2.75) is 12.3 Å². The van der Waals surface area contributed by atoms with Crippen molar-refractivity contribution in [2.24, 2.45) is 0 Å². The molecule has 0 aliphatic heterocycles. The van der Waals surface area contributed by atoms with Crippen LogP contribution in [-0.2, 0) is 6.42 Å². The highest BCUT2D eigenvalue weighted by Gasteiger charge is 2.15. The van der Waals surface area contributed by atoms with Gasteiger partial charge in [-0.25, -0.2) is 4.98 Å². The van der Waals surface area contributed by atoms with E-state index < -0.39 is 0 Å². The van der Waals surface area contributed by atoms with Crippen LogP contribution < -0.4 is 0 Å². The largest absolute Gasteiger partial charge is 0.348 e. The average Bonchev–Trinajstić information content (AvgIpc) is 3.21. The van der Waals surface area contributed by atoms with Gasteiger partial charge < -0.3 is 4.98 Å². The first-order chi connectivity index (χ1) is 12.4. The van der Waals surface area contributed by atoms with Crippen molar-refractivity contribution in [3.05, 3.63) is 114 Å². The van der Waals surface area contributed by atoms with Crippen molar-refractivity contribution in [1.82, 2.24) is 9.97 Å². The molecule has 25 heavy (non-hydrogen) atoms. The summed E-state index contributed by atoms with van der Waals surface area (Å²) in [5.41, 5.74) is 6.29. The number of hydrogen-bond donors (Lipinski definition) is 1. The predicted molar refractivity (Wildman–Crippen MR) is 102 cm³/mol. The summed E-state index contributed by atoms with van der Waals surface area (Å²) >= 11 is 0. The molecule has 4 rings (SSSR count). The molecule has 0 fully saturated rings. The zero-order chi connectivity index (χ0) is 16.9. The molecule has 2 nitrogen and oxygen atoms in total. The third-order valence-electron chi connectivity index (χ3n) is 4.60. The number of imidazole rings is 1. The van der Waals surface area contributed by atoms with Gasteiger partial charge in [0.15, 0.2) is 0 Å². The summed E-state index contributed by atoms with van der Waals surface area (Å²) in [5.74, 6) is 0.312. The second-order valence-electron chi connectivity index (χ2n) is 6.23. The van der Waals surface area contributed by atoms with E-state index in [-0.39, 0.29) is 0 Å². The van der Waals surface area contributed by atoms with E-state index in [0.717, 1.165) is 12.1 Å². The topological polar surface area (TPSA) is 28.7 Å². The standard InChI is InChI=1S/C23H20N2/c1-3-7-18(8-4-1)19-11-13-21(14-12-19)23(15-22-16-24-17-25-22)20-9-5-2-6-10-20/h1-14,16-17,23H,15H2,(H,24,25). The Morgan fingerprint density at radius 1 is 0.680 bits per heavy atom. The highest BCUT2D eigenvalue weighted by Crippen LogP contribution is 2.30. The lowest BCUT2D eigenvalue weighted by Crippen LogP contribution is -2.05. The molecule has 1 heterocycles. The molecule has 1 aromatic heterocycles. The normalized spacial score (nSPS) is 12.0. The van der Waals surface area contributed by atoms with Crippen LogP contribution >= 0.6 is 0 Å². The summed E-state index contributed by atoms with van der Waals surface area (Å²) in [6, 6.07) is 30.1. The van der Waals surface area contributed by atoms with E-state index in [1.54, 1.807) is 6.33 Å². The number of hydrogen-bond acceptors (Lipinski definition) is 1. The first-order valence-electron chi connectivity index (χ1n) is 8.58. The summed E-state index contributed by atoms with van der Waals surface area (Å²) in [4.78, 5) is 7.39. The highest BCUT2D eigenvalue weighted by molar-refractivity contribution is 5.63. The number of benzene rings is 3. The Hall–Kier alpha value is -3.13. The molecule has 0 bridgehead atoms. The van der Waals surface area contributed by atoms with Crippen LogP contribution in [0.5, 0.6) is 0 Å². The van der Waals surface area contributed by atoms with Crippen molar-refractivity contribution in [3.8, 4) is 11.1 Å². The summed E-state index contributed by atoms with van der Waals surface area (Å²) in [6.07, 6.45) is 4.57. The molecule has 0 saturated carbocycles. The molecular formula is C23H20N2. The van der Waals surface area contributed by atoms with E-state index in [1.807, 2.05) is 12.3 Å². The molecule has 0 amide bonds. The quantitative estimate of drug-likeness (QED) is 0.519. The van der Waals surface area contributed by atoms with Crippen molar-refractivity contribution in [2.75, 3.05) is 0 Å². The predicted octanol–water partition coefficient (Wildman–Crippen LogP) is 5.45. The molecule has 3 aromatic carbocycles.